The summed E-state index contributed by atoms with van der Waals surface area (Å²) < 4.78 is 25.2. The predicted octanol–water partition coefficient (Wildman–Crippen LogP) is 2.42. The van der Waals surface area contributed by atoms with Gasteiger partial charge < -0.3 is 5.11 Å². The summed E-state index contributed by atoms with van der Waals surface area (Å²) in [5.74, 6) is 0. The molecule has 1 aromatic rings. The van der Waals surface area contributed by atoms with E-state index in [1.54, 1.807) is 6.92 Å². The molecule has 0 saturated carbocycles. The van der Waals surface area contributed by atoms with Crippen molar-refractivity contribution in [3.63, 3.8) is 0 Å². The zero-order valence-electron chi connectivity index (χ0n) is 6.89. The molecule has 72 valence electrons. The second kappa shape index (κ2) is 4.28. The fourth-order valence-corrected chi connectivity index (χ4v) is 1.41. The van der Waals surface area contributed by atoms with Crippen molar-refractivity contribution in [3.8, 4) is 0 Å². The van der Waals surface area contributed by atoms with Crippen LogP contribution in [0.25, 0.3) is 0 Å². The zero-order valence-corrected chi connectivity index (χ0v) is 9.05. The van der Waals surface area contributed by atoms with E-state index < -0.39 is 6.43 Å². The lowest BCUT2D eigenvalue weighted by atomic mass is 10.2. The third-order valence-electron chi connectivity index (χ3n) is 1.60. The molecule has 1 N–H and O–H groups in total. The first kappa shape index (κ1) is 10.8. The van der Waals surface area contributed by atoms with Gasteiger partial charge in [-0.2, -0.15) is 0 Å². The number of alkyl halides is 2. The third kappa shape index (κ3) is 2.34. The van der Waals surface area contributed by atoms with Gasteiger partial charge in [-0.3, -0.25) is 0 Å². The van der Waals surface area contributed by atoms with Gasteiger partial charge in [-0.15, -0.1) is 0 Å². The summed E-state index contributed by atoms with van der Waals surface area (Å²) in [4.78, 5) is 3.64. The Kier molecular flexibility index (Phi) is 3.55. The molecule has 0 fully saturated rings. The number of halogens is 3. The van der Waals surface area contributed by atoms with Crippen molar-refractivity contribution < 1.29 is 13.9 Å². The topological polar surface area (TPSA) is 33.1 Å². The Morgan fingerprint density at radius 1 is 1.62 bits per heavy atom. The van der Waals surface area contributed by atoms with Gasteiger partial charge in [0.05, 0.1) is 12.3 Å². The molecule has 0 radical (unpaired) electrons. The van der Waals surface area contributed by atoms with E-state index in [1.165, 1.54) is 6.07 Å². The maximum atomic E-state index is 12.2. The SMILES string of the molecule is Cc1cc(C(F)F)nc(CO)c1I. The zero-order chi connectivity index (χ0) is 10.0. The molecule has 1 aromatic heterocycles. The molecule has 0 aliphatic heterocycles. The number of nitrogens with zero attached hydrogens (tertiary/aromatic N) is 1. The van der Waals surface area contributed by atoms with Gasteiger partial charge in [0.2, 0.25) is 0 Å². The number of aromatic nitrogens is 1. The molecule has 0 atom stereocenters. The standard InChI is InChI=1S/C8H8F2INO/c1-4-2-5(8(9)10)12-6(3-13)7(4)11/h2,8,13H,3H2,1H3. The smallest absolute Gasteiger partial charge is 0.280 e. The molecule has 0 spiro atoms. The van der Waals surface area contributed by atoms with E-state index in [0.29, 0.717) is 5.69 Å². The highest BCUT2D eigenvalue weighted by Gasteiger charge is 2.13. The van der Waals surface area contributed by atoms with Crippen molar-refractivity contribution in [3.05, 3.63) is 26.6 Å². The van der Waals surface area contributed by atoms with Crippen LogP contribution >= 0.6 is 22.6 Å². The van der Waals surface area contributed by atoms with Crippen LogP contribution in [0, 0.1) is 10.5 Å². The van der Waals surface area contributed by atoms with Crippen LogP contribution in [0.3, 0.4) is 0 Å². The minimum Gasteiger partial charge on any atom is -0.390 e. The van der Waals surface area contributed by atoms with E-state index >= 15 is 0 Å². The monoisotopic (exact) mass is 299 g/mol. The molecule has 1 rings (SSSR count). The van der Waals surface area contributed by atoms with E-state index in [0.717, 1.165) is 9.13 Å². The molecule has 0 aromatic carbocycles. The Hall–Kier alpha value is -0.300. The van der Waals surface area contributed by atoms with Gasteiger partial charge in [0.15, 0.2) is 0 Å². The number of pyridine rings is 1. The first-order valence-electron chi connectivity index (χ1n) is 3.61. The molecule has 0 aliphatic rings. The first-order valence-corrected chi connectivity index (χ1v) is 4.69. The lowest BCUT2D eigenvalue weighted by Crippen LogP contribution is -2.01. The number of aryl methyl sites for hydroxylation is 1. The number of aliphatic hydroxyl groups is 1. The van der Waals surface area contributed by atoms with Crippen LogP contribution in [0.5, 0.6) is 0 Å². The normalized spacial score (nSPS) is 10.9. The highest BCUT2D eigenvalue weighted by Crippen LogP contribution is 2.22. The van der Waals surface area contributed by atoms with Crippen LogP contribution in [-0.4, -0.2) is 10.1 Å². The minimum absolute atomic E-state index is 0.276. The largest absolute Gasteiger partial charge is 0.390 e. The van der Waals surface area contributed by atoms with E-state index in [4.69, 9.17) is 5.11 Å². The van der Waals surface area contributed by atoms with Gasteiger partial charge in [-0.25, -0.2) is 13.8 Å². The van der Waals surface area contributed by atoms with E-state index in [2.05, 4.69) is 4.98 Å². The van der Waals surface area contributed by atoms with Crippen LogP contribution in [-0.2, 0) is 6.61 Å². The fourth-order valence-electron chi connectivity index (χ4n) is 0.967. The summed E-state index contributed by atoms with van der Waals surface area (Å²) in [5.41, 5.74) is 0.757. The predicted molar refractivity (Wildman–Crippen MR) is 52.6 cm³/mol. The van der Waals surface area contributed by atoms with Gasteiger partial charge in [0.1, 0.15) is 5.69 Å². The van der Waals surface area contributed by atoms with E-state index in [-0.39, 0.29) is 12.3 Å². The summed E-state index contributed by atoms with van der Waals surface area (Å²) in [6, 6.07) is 1.34. The molecule has 5 heteroatoms. The maximum Gasteiger partial charge on any atom is 0.280 e. The Balaban J connectivity index is 3.22. The van der Waals surface area contributed by atoms with E-state index in [9.17, 15) is 8.78 Å². The van der Waals surface area contributed by atoms with E-state index in [1.807, 2.05) is 22.6 Å². The Morgan fingerprint density at radius 2 is 2.23 bits per heavy atom. The van der Waals surface area contributed by atoms with Crippen molar-refractivity contribution in [1.82, 2.24) is 4.98 Å². The van der Waals surface area contributed by atoms with Crippen molar-refractivity contribution >= 4 is 22.6 Å². The highest BCUT2D eigenvalue weighted by atomic mass is 127. The third-order valence-corrected chi connectivity index (χ3v) is 3.07. The molecule has 0 saturated heterocycles. The van der Waals surface area contributed by atoms with Crippen molar-refractivity contribution in [2.24, 2.45) is 0 Å². The van der Waals surface area contributed by atoms with Crippen LogP contribution in [0.1, 0.15) is 23.4 Å². The number of aliphatic hydroxyl groups excluding tert-OH is 1. The molecule has 0 aliphatic carbocycles. The van der Waals surface area contributed by atoms with Crippen molar-refractivity contribution in [2.75, 3.05) is 0 Å². The van der Waals surface area contributed by atoms with Gasteiger partial charge >= 0.3 is 0 Å². The average molecular weight is 299 g/mol. The molecule has 2 nitrogen and oxygen atoms in total. The molecular weight excluding hydrogens is 291 g/mol. The minimum atomic E-state index is -2.58. The first-order chi connectivity index (χ1) is 6.06. The quantitative estimate of drug-likeness (QED) is 0.851. The molecule has 13 heavy (non-hydrogen) atoms. The van der Waals surface area contributed by atoms with Gasteiger partial charge in [-0.1, -0.05) is 0 Å². The van der Waals surface area contributed by atoms with Crippen LogP contribution in [0.15, 0.2) is 6.07 Å². The van der Waals surface area contributed by atoms with Crippen LogP contribution in [0.4, 0.5) is 8.78 Å². The fraction of sp³-hybridized carbons (Fsp3) is 0.375. The lowest BCUT2D eigenvalue weighted by molar-refractivity contribution is 0.145. The maximum absolute atomic E-state index is 12.2. The summed E-state index contributed by atoms with van der Waals surface area (Å²) in [7, 11) is 0. The summed E-state index contributed by atoms with van der Waals surface area (Å²) in [6.07, 6.45) is -2.58. The lowest BCUT2D eigenvalue weighted by Gasteiger charge is -2.07. The Bertz CT molecular complexity index is 317. The molecule has 1 heterocycles. The van der Waals surface area contributed by atoms with Gasteiger partial charge in [0.25, 0.3) is 6.43 Å². The summed E-state index contributed by atoms with van der Waals surface area (Å²) >= 11 is 1.98. The highest BCUT2D eigenvalue weighted by molar-refractivity contribution is 14.1. The van der Waals surface area contributed by atoms with Crippen molar-refractivity contribution in [2.45, 2.75) is 20.0 Å². The molecule has 0 unspecified atom stereocenters. The van der Waals surface area contributed by atoms with Crippen LogP contribution < -0.4 is 0 Å². The summed E-state index contributed by atoms with van der Waals surface area (Å²) in [6.45, 7) is 1.41. The van der Waals surface area contributed by atoms with Gasteiger partial charge in [-0.05, 0) is 41.1 Å². The van der Waals surface area contributed by atoms with Gasteiger partial charge in [0, 0.05) is 3.57 Å². The van der Waals surface area contributed by atoms with Crippen molar-refractivity contribution in [1.29, 1.82) is 0 Å². The summed E-state index contributed by atoms with van der Waals surface area (Å²) in [5, 5.41) is 8.84. The number of hydrogen-bond donors (Lipinski definition) is 1. The Labute approximate surface area is 88.1 Å². The number of rotatable bonds is 2. The molecule has 0 amide bonds. The second-order valence-corrected chi connectivity index (χ2v) is 3.66. The second-order valence-electron chi connectivity index (χ2n) is 2.58. The van der Waals surface area contributed by atoms with Crippen LogP contribution in [0.2, 0.25) is 0 Å². The molecule has 0 bridgehead atoms. The average Bonchev–Trinajstić information content (AvgIpc) is 2.09. The molecular formula is C8H8F2INO. The Morgan fingerprint density at radius 3 is 2.69 bits per heavy atom. The number of hydrogen-bond acceptors (Lipinski definition) is 2.